The number of rotatable bonds is 3. The minimum Gasteiger partial charge on any atom is -0.302 e. The topological polar surface area (TPSA) is 41.5 Å². The number of nitrogens with one attached hydrogen (secondary N) is 1. The summed E-state index contributed by atoms with van der Waals surface area (Å²) in [5, 5.41) is 3.49. The van der Waals surface area contributed by atoms with Crippen molar-refractivity contribution in [1.82, 2.24) is 5.32 Å². The highest BCUT2D eigenvalue weighted by molar-refractivity contribution is 8.14. The summed E-state index contributed by atoms with van der Waals surface area (Å²) in [5.74, 6) is 0.834. The first-order valence-corrected chi connectivity index (χ1v) is 7.02. The Morgan fingerprint density at radius 3 is 2.83 bits per heavy atom. The number of carbonyl (C=O) groups is 1. The van der Waals surface area contributed by atoms with E-state index in [-0.39, 0.29) is 5.91 Å². The SMILES string of the molecule is CCc1ccc(/C=C/C(=O)NC2=NCCS2)cc1. The molecule has 0 saturated carbocycles. The molecule has 1 amide bonds. The minimum absolute atomic E-state index is 0.122. The quantitative estimate of drug-likeness (QED) is 0.848. The molecule has 1 N–H and O–H groups in total. The highest BCUT2D eigenvalue weighted by atomic mass is 32.2. The Balaban J connectivity index is 1.90. The van der Waals surface area contributed by atoms with E-state index >= 15 is 0 Å². The van der Waals surface area contributed by atoms with Crippen LogP contribution in [0.3, 0.4) is 0 Å². The van der Waals surface area contributed by atoms with Gasteiger partial charge in [0.25, 0.3) is 0 Å². The van der Waals surface area contributed by atoms with Crippen molar-refractivity contribution in [2.45, 2.75) is 13.3 Å². The minimum atomic E-state index is -0.122. The van der Waals surface area contributed by atoms with Gasteiger partial charge in [-0.05, 0) is 23.6 Å². The fourth-order valence-corrected chi connectivity index (χ4v) is 2.33. The molecule has 0 spiro atoms. The maximum atomic E-state index is 11.6. The van der Waals surface area contributed by atoms with Gasteiger partial charge in [0, 0.05) is 11.8 Å². The predicted molar refractivity (Wildman–Crippen MR) is 77.8 cm³/mol. The number of amidine groups is 1. The summed E-state index contributed by atoms with van der Waals surface area (Å²) in [7, 11) is 0. The first-order chi connectivity index (χ1) is 8.78. The Kier molecular flexibility index (Phi) is 4.59. The van der Waals surface area contributed by atoms with Crippen LogP contribution >= 0.6 is 11.8 Å². The molecule has 18 heavy (non-hydrogen) atoms. The molecule has 0 atom stereocenters. The van der Waals surface area contributed by atoms with Crippen LogP contribution in [0.1, 0.15) is 18.1 Å². The zero-order valence-corrected chi connectivity index (χ0v) is 11.2. The van der Waals surface area contributed by atoms with Gasteiger partial charge >= 0.3 is 0 Å². The molecule has 1 aromatic rings. The second-order valence-corrected chi connectivity index (χ2v) is 5.04. The molecule has 0 saturated heterocycles. The van der Waals surface area contributed by atoms with E-state index in [1.165, 1.54) is 5.56 Å². The fourth-order valence-electron chi connectivity index (χ4n) is 1.59. The molecule has 0 aromatic heterocycles. The number of carbonyl (C=O) groups excluding carboxylic acids is 1. The number of nitrogens with zero attached hydrogens (tertiary/aromatic N) is 1. The van der Waals surface area contributed by atoms with Crippen molar-refractivity contribution in [2.75, 3.05) is 12.3 Å². The molecule has 4 heteroatoms. The Hall–Kier alpha value is -1.55. The van der Waals surface area contributed by atoms with Gasteiger partial charge in [0.05, 0.1) is 6.54 Å². The molecule has 1 heterocycles. The van der Waals surface area contributed by atoms with Crippen LogP contribution in [-0.2, 0) is 11.2 Å². The number of amides is 1. The van der Waals surface area contributed by atoms with Crippen molar-refractivity contribution in [3.63, 3.8) is 0 Å². The lowest BCUT2D eigenvalue weighted by molar-refractivity contribution is -0.115. The first-order valence-electron chi connectivity index (χ1n) is 6.03. The molecular formula is C14H16N2OS. The molecule has 0 aliphatic carbocycles. The van der Waals surface area contributed by atoms with Gasteiger partial charge in [-0.15, -0.1) is 0 Å². The Morgan fingerprint density at radius 2 is 2.22 bits per heavy atom. The Bertz CT molecular complexity index is 477. The molecule has 0 radical (unpaired) electrons. The van der Waals surface area contributed by atoms with Crippen molar-refractivity contribution in [3.8, 4) is 0 Å². The monoisotopic (exact) mass is 260 g/mol. The van der Waals surface area contributed by atoms with E-state index in [1.807, 2.05) is 18.2 Å². The molecule has 2 rings (SSSR count). The average molecular weight is 260 g/mol. The van der Waals surface area contributed by atoms with E-state index < -0.39 is 0 Å². The van der Waals surface area contributed by atoms with Crippen molar-refractivity contribution >= 4 is 28.9 Å². The molecule has 1 aromatic carbocycles. The van der Waals surface area contributed by atoms with E-state index in [2.05, 4.69) is 29.4 Å². The Morgan fingerprint density at radius 1 is 1.44 bits per heavy atom. The van der Waals surface area contributed by atoms with Gasteiger partial charge in [-0.2, -0.15) is 0 Å². The number of hydrogen-bond acceptors (Lipinski definition) is 3. The van der Waals surface area contributed by atoms with E-state index in [0.717, 1.165) is 29.4 Å². The lowest BCUT2D eigenvalue weighted by Gasteiger charge is -1.99. The highest BCUT2D eigenvalue weighted by Gasteiger charge is 2.08. The van der Waals surface area contributed by atoms with E-state index in [9.17, 15) is 4.79 Å². The first kappa shape index (κ1) is 12.9. The third-order valence-electron chi connectivity index (χ3n) is 2.63. The fraction of sp³-hybridized carbons (Fsp3) is 0.286. The van der Waals surface area contributed by atoms with Crippen molar-refractivity contribution < 1.29 is 4.79 Å². The lowest BCUT2D eigenvalue weighted by atomic mass is 10.1. The number of benzene rings is 1. The number of aryl methyl sites for hydroxylation is 1. The van der Waals surface area contributed by atoms with Gasteiger partial charge in [-0.1, -0.05) is 43.0 Å². The van der Waals surface area contributed by atoms with Crippen molar-refractivity contribution in [3.05, 3.63) is 41.5 Å². The summed E-state index contributed by atoms with van der Waals surface area (Å²) in [5.41, 5.74) is 2.33. The zero-order chi connectivity index (χ0) is 12.8. The van der Waals surface area contributed by atoms with Crippen LogP contribution in [0.4, 0.5) is 0 Å². The van der Waals surface area contributed by atoms with Gasteiger partial charge in [-0.3, -0.25) is 9.79 Å². The van der Waals surface area contributed by atoms with Crippen LogP contribution in [0.25, 0.3) is 6.08 Å². The second kappa shape index (κ2) is 6.40. The lowest BCUT2D eigenvalue weighted by Crippen LogP contribution is -2.25. The maximum Gasteiger partial charge on any atom is 0.249 e. The Labute approximate surface area is 111 Å². The summed E-state index contributed by atoms with van der Waals surface area (Å²) >= 11 is 1.58. The largest absolute Gasteiger partial charge is 0.302 e. The molecule has 0 bridgehead atoms. The molecule has 3 nitrogen and oxygen atoms in total. The normalized spacial score (nSPS) is 14.8. The van der Waals surface area contributed by atoms with Gasteiger partial charge < -0.3 is 5.32 Å². The van der Waals surface area contributed by atoms with Crippen LogP contribution in [-0.4, -0.2) is 23.4 Å². The van der Waals surface area contributed by atoms with Crippen LogP contribution in [0.15, 0.2) is 35.3 Å². The van der Waals surface area contributed by atoms with Gasteiger partial charge in [0.2, 0.25) is 5.91 Å². The van der Waals surface area contributed by atoms with Gasteiger partial charge in [-0.25, -0.2) is 0 Å². The molecule has 1 aliphatic rings. The van der Waals surface area contributed by atoms with Crippen LogP contribution < -0.4 is 5.32 Å². The van der Waals surface area contributed by atoms with Crippen LogP contribution in [0, 0.1) is 0 Å². The molecule has 1 aliphatic heterocycles. The third-order valence-corrected chi connectivity index (χ3v) is 3.52. The summed E-state index contributed by atoms with van der Waals surface area (Å²) in [6, 6.07) is 8.19. The summed E-state index contributed by atoms with van der Waals surface area (Å²) in [4.78, 5) is 15.8. The molecule has 0 fully saturated rings. The third kappa shape index (κ3) is 3.74. The number of hydrogen-bond donors (Lipinski definition) is 1. The number of aliphatic imine (C=N–C) groups is 1. The highest BCUT2D eigenvalue weighted by Crippen LogP contribution is 2.09. The predicted octanol–water partition coefficient (Wildman–Crippen LogP) is 2.48. The summed E-state index contributed by atoms with van der Waals surface area (Å²) < 4.78 is 0. The van der Waals surface area contributed by atoms with Gasteiger partial charge in [0.1, 0.15) is 0 Å². The number of thioether (sulfide) groups is 1. The zero-order valence-electron chi connectivity index (χ0n) is 10.3. The maximum absolute atomic E-state index is 11.6. The van der Waals surface area contributed by atoms with E-state index in [1.54, 1.807) is 17.8 Å². The van der Waals surface area contributed by atoms with E-state index in [0.29, 0.717) is 0 Å². The average Bonchev–Trinajstić information content (AvgIpc) is 2.90. The summed E-state index contributed by atoms with van der Waals surface area (Å²) in [6.07, 6.45) is 4.39. The molecule has 0 unspecified atom stereocenters. The standard InChI is InChI=1S/C14H16N2OS/c1-2-11-3-5-12(6-4-11)7-8-13(17)16-14-15-9-10-18-14/h3-8H,2,9-10H2,1H3,(H,15,16,17)/b8-7+. The summed E-state index contributed by atoms with van der Waals surface area (Å²) in [6.45, 7) is 2.92. The van der Waals surface area contributed by atoms with Crippen molar-refractivity contribution in [1.29, 1.82) is 0 Å². The smallest absolute Gasteiger partial charge is 0.249 e. The molecular weight excluding hydrogens is 244 g/mol. The van der Waals surface area contributed by atoms with Crippen LogP contribution in [0.2, 0.25) is 0 Å². The molecule has 94 valence electrons. The van der Waals surface area contributed by atoms with Crippen LogP contribution in [0.5, 0.6) is 0 Å². The van der Waals surface area contributed by atoms with Crippen molar-refractivity contribution in [2.24, 2.45) is 4.99 Å². The van der Waals surface area contributed by atoms with Gasteiger partial charge in [0.15, 0.2) is 5.17 Å². The second-order valence-electron chi connectivity index (χ2n) is 3.95. The van der Waals surface area contributed by atoms with E-state index in [4.69, 9.17) is 0 Å².